The minimum Gasteiger partial charge on any atom is -0.274 e. The van der Waals surface area contributed by atoms with E-state index in [1.807, 2.05) is 0 Å². The first-order valence-corrected chi connectivity index (χ1v) is 16.9. The molecule has 6 unspecified atom stereocenters. The number of benzene rings is 4. The molecule has 0 aliphatic carbocycles. The summed E-state index contributed by atoms with van der Waals surface area (Å²) in [7, 11) is 0. The van der Waals surface area contributed by atoms with Crippen LogP contribution in [0, 0.1) is 32.1 Å². The van der Waals surface area contributed by atoms with Gasteiger partial charge in [-0.1, -0.05) is 56.1 Å². The number of hydrogen-bond donors (Lipinski definition) is 0. The molecule has 250 valence electrons. The lowest BCUT2D eigenvalue weighted by atomic mass is 9.84. The fourth-order valence-corrected chi connectivity index (χ4v) is 8.36. The standard InChI is InChI=1S/C34H22Br2N6O8/c35-19-7-11-21(12-8-19)37-31(43)25-27(17-3-1-5-23(15-17)41(47)48)39-30-26(32(44)38(34(30)46)22-13-9-20(36)10-14-22)28(40(39)29(25)33(37)45)18-4-2-6-24(16-18)42(49)50/h1-16,25-30H. The summed E-state index contributed by atoms with van der Waals surface area (Å²) in [5, 5.41) is 26.9. The Morgan fingerprint density at radius 2 is 0.860 bits per heavy atom. The van der Waals surface area contributed by atoms with E-state index < -0.39 is 69.5 Å². The Bertz CT molecular complexity index is 2010. The molecule has 6 atom stereocenters. The number of hydrazine groups is 1. The van der Waals surface area contributed by atoms with Crippen LogP contribution in [0.3, 0.4) is 0 Å². The number of anilines is 2. The zero-order valence-electron chi connectivity index (χ0n) is 25.4. The maximum absolute atomic E-state index is 14.6. The lowest BCUT2D eigenvalue weighted by molar-refractivity contribution is -0.385. The number of fused-ring (bicyclic) bond motifs is 5. The number of carbonyl (C=O) groups is 4. The second-order valence-corrected chi connectivity index (χ2v) is 14.1. The zero-order chi connectivity index (χ0) is 35.2. The van der Waals surface area contributed by atoms with Gasteiger partial charge in [0.15, 0.2) is 0 Å². The molecule has 4 aliphatic rings. The molecule has 0 bridgehead atoms. The van der Waals surface area contributed by atoms with Crippen molar-refractivity contribution < 1.29 is 29.0 Å². The molecule has 0 radical (unpaired) electrons. The molecule has 14 nitrogen and oxygen atoms in total. The number of non-ortho nitro benzene ring substituents is 2. The molecule has 0 saturated carbocycles. The first kappa shape index (κ1) is 32.1. The molecular weight excluding hydrogens is 780 g/mol. The molecule has 0 spiro atoms. The molecule has 4 amide bonds. The van der Waals surface area contributed by atoms with Crippen molar-refractivity contribution in [2.45, 2.75) is 24.2 Å². The SMILES string of the molecule is O=C1C2C(C(=O)N1c1ccc(Br)cc1)N1C(c3cccc([N+](=O)[O-])c3)C3C(=O)N(c4ccc(Br)cc4)C(=O)C3N1C2c1cccc([N+](=O)[O-])c1. The summed E-state index contributed by atoms with van der Waals surface area (Å²) in [6.07, 6.45) is 0. The highest BCUT2D eigenvalue weighted by Crippen LogP contribution is 2.60. The molecule has 4 fully saturated rings. The quantitative estimate of drug-likeness (QED) is 0.139. The maximum Gasteiger partial charge on any atom is 0.269 e. The predicted molar refractivity (Wildman–Crippen MR) is 183 cm³/mol. The summed E-state index contributed by atoms with van der Waals surface area (Å²) in [5.41, 5.74) is 0.627. The molecule has 50 heavy (non-hydrogen) atoms. The van der Waals surface area contributed by atoms with Crippen molar-refractivity contribution in [1.29, 1.82) is 0 Å². The molecule has 8 rings (SSSR count). The lowest BCUT2D eigenvalue weighted by Crippen LogP contribution is -2.50. The average Bonchev–Trinajstić information content (AvgIpc) is 3.77. The first-order chi connectivity index (χ1) is 24.0. The number of imide groups is 2. The Balaban J connectivity index is 1.35. The van der Waals surface area contributed by atoms with Crippen LogP contribution in [-0.4, -0.2) is 55.6 Å². The van der Waals surface area contributed by atoms with Gasteiger partial charge in [-0.25, -0.2) is 19.8 Å². The van der Waals surface area contributed by atoms with Crippen LogP contribution in [0.2, 0.25) is 0 Å². The van der Waals surface area contributed by atoms with E-state index in [2.05, 4.69) is 31.9 Å². The highest BCUT2D eigenvalue weighted by molar-refractivity contribution is 9.10. The van der Waals surface area contributed by atoms with Crippen LogP contribution >= 0.6 is 31.9 Å². The zero-order valence-corrected chi connectivity index (χ0v) is 28.6. The highest BCUT2D eigenvalue weighted by atomic mass is 79.9. The van der Waals surface area contributed by atoms with E-state index in [-0.39, 0.29) is 22.5 Å². The van der Waals surface area contributed by atoms with Gasteiger partial charge in [-0.05, 0) is 59.7 Å². The highest BCUT2D eigenvalue weighted by Gasteiger charge is 2.73. The van der Waals surface area contributed by atoms with Gasteiger partial charge in [-0.2, -0.15) is 0 Å². The fourth-order valence-electron chi connectivity index (χ4n) is 7.83. The van der Waals surface area contributed by atoms with Crippen LogP contribution in [-0.2, 0) is 19.2 Å². The second-order valence-electron chi connectivity index (χ2n) is 12.3. The van der Waals surface area contributed by atoms with Gasteiger partial charge in [0.25, 0.3) is 23.2 Å². The number of rotatable bonds is 6. The predicted octanol–water partition coefficient (Wildman–Crippen LogP) is 5.47. The van der Waals surface area contributed by atoms with Gasteiger partial charge < -0.3 is 0 Å². The third-order valence-electron chi connectivity index (χ3n) is 9.74. The molecule has 4 aromatic rings. The average molecular weight is 802 g/mol. The largest absolute Gasteiger partial charge is 0.274 e. The van der Waals surface area contributed by atoms with E-state index in [0.29, 0.717) is 20.3 Å². The molecule has 4 aromatic carbocycles. The topological polar surface area (TPSA) is 168 Å². The lowest BCUT2D eigenvalue weighted by Gasteiger charge is -2.35. The monoisotopic (exact) mass is 800 g/mol. The van der Waals surface area contributed by atoms with Crippen LogP contribution in [0.5, 0.6) is 0 Å². The maximum atomic E-state index is 14.6. The van der Waals surface area contributed by atoms with Crippen molar-refractivity contribution in [3.05, 3.63) is 137 Å². The van der Waals surface area contributed by atoms with Gasteiger partial charge in [0.1, 0.15) is 12.1 Å². The van der Waals surface area contributed by atoms with Crippen LogP contribution in [0.1, 0.15) is 23.2 Å². The number of carbonyl (C=O) groups excluding carboxylic acids is 4. The summed E-state index contributed by atoms with van der Waals surface area (Å²) in [4.78, 5) is 82.9. The van der Waals surface area contributed by atoms with E-state index in [4.69, 9.17) is 0 Å². The number of nitro groups is 2. The molecule has 4 saturated heterocycles. The van der Waals surface area contributed by atoms with Crippen LogP contribution < -0.4 is 9.80 Å². The second kappa shape index (κ2) is 11.7. The van der Waals surface area contributed by atoms with E-state index >= 15 is 0 Å². The van der Waals surface area contributed by atoms with Gasteiger partial charge in [0.05, 0.1) is 45.1 Å². The number of halogens is 2. The Kier molecular flexibility index (Phi) is 7.52. The minimum atomic E-state index is -1.26. The van der Waals surface area contributed by atoms with Gasteiger partial charge in [-0.15, -0.1) is 0 Å². The molecule has 4 aliphatic heterocycles. The molecule has 4 heterocycles. The minimum absolute atomic E-state index is 0.268. The van der Waals surface area contributed by atoms with Gasteiger partial charge in [0.2, 0.25) is 11.8 Å². The smallest absolute Gasteiger partial charge is 0.269 e. The van der Waals surface area contributed by atoms with Crippen molar-refractivity contribution in [3.8, 4) is 0 Å². The normalized spacial score (nSPS) is 26.0. The van der Waals surface area contributed by atoms with Crippen LogP contribution in [0.15, 0.2) is 106 Å². The number of amides is 4. The summed E-state index contributed by atoms with van der Waals surface area (Å²) in [5.74, 6) is -4.77. The van der Waals surface area contributed by atoms with E-state index in [1.165, 1.54) is 36.4 Å². The van der Waals surface area contributed by atoms with Crippen LogP contribution in [0.4, 0.5) is 22.7 Å². The van der Waals surface area contributed by atoms with Crippen molar-refractivity contribution in [3.63, 3.8) is 0 Å². The van der Waals surface area contributed by atoms with Crippen LogP contribution in [0.25, 0.3) is 0 Å². The fraction of sp³-hybridized carbons (Fsp3) is 0.176. The Labute approximate surface area is 299 Å². The van der Waals surface area contributed by atoms with E-state index in [9.17, 15) is 39.4 Å². The van der Waals surface area contributed by atoms with Crippen molar-refractivity contribution in [2.24, 2.45) is 11.8 Å². The number of nitro benzene ring substituents is 2. The Morgan fingerprint density at radius 1 is 0.500 bits per heavy atom. The molecular formula is C34H22Br2N6O8. The van der Waals surface area contributed by atoms with Gasteiger partial charge in [0, 0.05) is 33.2 Å². The summed E-state index contributed by atoms with van der Waals surface area (Å²) in [6.45, 7) is 0. The number of hydrogen-bond acceptors (Lipinski definition) is 10. The third kappa shape index (κ3) is 4.66. The Hall–Kier alpha value is -5.16. The van der Waals surface area contributed by atoms with Crippen molar-refractivity contribution >= 4 is 78.2 Å². The molecule has 0 N–H and O–H groups in total. The summed E-state index contributed by atoms with van der Waals surface area (Å²) >= 11 is 6.73. The summed E-state index contributed by atoms with van der Waals surface area (Å²) in [6, 6.07) is 19.6. The van der Waals surface area contributed by atoms with Gasteiger partial charge in [-0.3, -0.25) is 39.4 Å². The summed E-state index contributed by atoms with van der Waals surface area (Å²) < 4.78 is 1.43. The Morgan fingerprint density at radius 3 is 1.20 bits per heavy atom. The van der Waals surface area contributed by atoms with E-state index in [0.717, 1.165) is 9.80 Å². The number of nitrogens with zero attached hydrogens (tertiary/aromatic N) is 6. The van der Waals surface area contributed by atoms with Crippen molar-refractivity contribution in [1.82, 2.24) is 10.0 Å². The first-order valence-electron chi connectivity index (χ1n) is 15.3. The van der Waals surface area contributed by atoms with Crippen molar-refractivity contribution in [2.75, 3.05) is 9.80 Å². The van der Waals surface area contributed by atoms with E-state index in [1.54, 1.807) is 70.7 Å². The third-order valence-corrected chi connectivity index (χ3v) is 10.8. The molecule has 0 aromatic heterocycles. The van der Waals surface area contributed by atoms with Gasteiger partial charge >= 0.3 is 0 Å². The molecule has 16 heteroatoms.